The van der Waals surface area contributed by atoms with Crippen molar-refractivity contribution in [3.8, 4) is 6.07 Å². The van der Waals surface area contributed by atoms with Crippen molar-refractivity contribution in [3.63, 3.8) is 0 Å². The van der Waals surface area contributed by atoms with E-state index in [0.29, 0.717) is 11.1 Å². The van der Waals surface area contributed by atoms with Crippen LogP contribution in [0.4, 0.5) is 0 Å². The van der Waals surface area contributed by atoms with Gasteiger partial charge >= 0.3 is 0 Å². The lowest BCUT2D eigenvalue weighted by atomic mass is 10.1. The van der Waals surface area contributed by atoms with Gasteiger partial charge in [-0.25, -0.2) is 0 Å². The maximum Gasteiger partial charge on any atom is 0.168 e. The summed E-state index contributed by atoms with van der Waals surface area (Å²) in [5, 5.41) is 19.1. The number of halogens is 1. The fourth-order valence-electron chi connectivity index (χ4n) is 1.45. The van der Waals surface area contributed by atoms with Gasteiger partial charge in [0.1, 0.15) is 0 Å². The van der Waals surface area contributed by atoms with E-state index in [4.69, 9.17) is 5.26 Å². The maximum absolute atomic E-state index is 9.50. The molecule has 0 saturated carbocycles. The predicted molar refractivity (Wildman–Crippen MR) is 60.0 cm³/mol. The van der Waals surface area contributed by atoms with Crippen molar-refractivity contribution < 1.29 is 5.11 Å². The smallest absolute Gasteiger partial charge is 0.168 e. The monoisotopic (exact) mass is 262 g/mol. The highest BCUT2D eigenvalue weighted by Gasteiger charge is 2.12. The van der Waals surface area contributed by atoms with E-state index in [-0.39, 0.29) is 0 Å². The normalized spacial score (nSPS) is 12.3. The molecule has 1 aromatic heterocycles. The van der Waals surface area contributed by atoms with Gasteiger partial charge in [0.15, 0.2) is 6.10 Å². The molecule has 1 N–H and O–H groups in total. The van der Waals surface area contributed by atoms with Crippen molar-refractivity contribution in [1.29, 1.82) is 5.26 Å². The summed E-state index contributed by atoms with van der Waals surface area (Å²) < 4.78 is 0.902. The fraction of sp³-hybridized carbons (Fsp3) is 0.0909. The van der Waals surface area contributed by atoms with Gasteiger partial charge in [-0.2, -0.15) is 5.26 Å². The van der Waals surface area contributed by atoms with E-state index in [1.165, 1.54) is 0 Å². The van der Waals surface area contributed by atoms with Crippen LogP contribution in [0.3, 0.4) is 0 Å². The van der Waals surface area contributed by atoms with Crippen LogP contribution in [-0.2, 0) is 0 Å². The second-order valence-corrected chi connectivity index (χ2v) is 3.92. The zero-order valence-corrected chi connectivity index (χ0v) is 9.27. The minimum absolute atomic E-state index is 0.538. The molecule has 15 heavy (non-hydrogen) atoms. The summed E-state index contributed by atoms with van der Waals surface area (Å²) in [6, 6.07) is 9.00. The largest absolute Gasteiger partial charge is 0.374 e. The number of fused-ring (bicyclic) bond motifs is 1. The van der Waals surface area contributed by atoms with Crippen LogP contribution in [0.25, 0.3) is 10.9 Å². The molecule has 0 amide bonds. The zero-order valence-electron chi connectivity index (χ0n) is 7.68. The maximum atomic E-state index is 9.50. The van der Waals surface area contributed by atoms with E-state index in [9.17, 15) is 5.11 Å². The quantitative estimate of drug-likeness (QED) is 0.804. The average Bonchev–Trinajstić information content (AvgIpc) is 2.29. The molecule has 1 aromatic carbocycles. The Labute approximate surface area is 95.1 Å². The number of rotatable bonds is 1. The molecule has 0 aliphatic heterocycles. The molecule has 74 valence electrons. The van der Waals surface area contributed by atoms with E-state index in [1.807, 2.05) is 12.1 Å². The Morgan fingerprint density at radius 2 is 2.20 bits per heavy atom. The van der Waals surface area contributed by atoms with E-state index >= 15 is 0 Å². The standard InChI is InChI=1S/C11H7BrN2O/c12-9-4-3-8(10(15)6-13)11-7(9)2-1-5-14-11/h1-5,10,15H. The summed E-state index contributed by atoms with van der Waals surface area (Å²) in [5.41, 5.74) is 1.19. The van der Waals surface area contributed by atoms with Crippen LogP contribution in [0.15, 0.2) is 34.9 Å². The second-order valence-electron chi connectivity index (χ2n) is 3.07. The first-order valence-corrected chi connectivity index (χ1v) is 5.14. The molecule has 4 heteroatoms. The van der Waals surface area contributed by atoms with Crippen molar-refractivity contribution in [2.24, 2.45) is 0 Å². The highest BCUT2D eigenvalue weighted by molar-refractivity contribution is 9.10. The van der Waals surface area contributed by atoms with Crippen LogP contribution in [-0.4, -0.2) is 10.1 Å². The Balaban J connectivity index is 2.78. The molecule has 3 nitrogen and oxygen atoms in total. The molecule has 1 atom stereocenters. The third-order valence-corrected chi connectivity index (χ3v) is 2.86. The predicted octanol–water partition coefficient (Wildman–Crippen LogP) is 2.55. The van der Waals surface area contributed by atoms with Crippen LogP contribution >= 0.6 is 15.9 Å². The SMILES string of the molecule is N#CC(O)c1ccc(Br)c2cccnc12. The summed E-state index contributed by atoms with van der Waals surface area (Å²) in [6.45, 7) is 0. The lowest BCUT2D eigenvalue weighted by molar-refractivity contribution is 0.237. The third-order valence-electron chi connectivity index (χ3n) is 2.16. The van der Waals surface area contributed by atoms with E-state index in [2.05, 4.69) is 20.9 Å². The summed E-state index contributed by atoms with van der Waals surface area (Å²) in [4.78, 5) is 4.17. The molecule has 2 rings (SSSR count). The van der Waals surface area contributed by atoms with Gasteiger partial charge in [0, 0.05) is 21.6 Å². The Hall–Kier alpha value is -1.44. The number of hydrogen-bond acceptors (Lipinski definition) is 3. The first-order chi connectivity index (χ1) is 7.24. The van der Waals surface area contributed by atoms with Gasteiger partial charge < -0.3 is 5.11 Å². The minimum atomic E-state index is -1.13. The number of nitriles is 1. The van der Waals surface area contributed by atoms with E-state index in [0.717, 1.165) is 9.86 Å². The average molecular weight is 263 g/mol. The summed E-state index contributed by atoms with van der Waals surface area (Å²) >= 11 is 3.40. The number of nitrogens with zero attached hydrogens (tertiary/aromatic N) is 2. The highest BCUT2D eigenvalue weighted by atomic mass is 79.9. The molecule has 2 aromatic rings. The molecule has 1 unspecified atom stereocenters. The van der Waals surface area contributed by atoms with Crippen LogP contribution in [0.2, 0.25) is 0 Å². The number of pyridine rings is 1. The molecule has 0 spiro atoms. The zero-order chi connectivity index (χ0) is 10.8. The van der Waals surface area contributed by atoms with Gasteiger partial charge in [-0.1, -0.05) is 28.1 Å². The van der Waals surface area contributed by atoms with Gasteiger partial charge in [-0.3, -0.25) is 4.98 Å². The summed E-state index contributed by atoms with van der Waals surface area (Å²) in [7, 11) is 0. The highest BCUT2D eigenvalue weighted by Crippen LogP contribution is 2.28. The molecule has 1 heterocycles. The Kier molecular flexibility index (Phi) is 2.67. The van der Waals surface area contributed by atoms with Gasteiger partial charge in [0.25, 0.3) is 0 Å². The van der Waals surface area contributed by atoms with Crippen LogP contribution in [0.5, 0.6) is 0 Å². The molecular weight excluding hydrogens is 256 g/mol. The van der Waals surface area contributed by atoms with Crippen molar-refractivity contribution in [1.82, 2.24) is 4.98 Å². The number of aliphatic hydroxyl groups excluding tert-OH is 1. The van der Waals surface area contributed by atoms with Gasteiger partial charge in [-0.05, 0) is 12.1 Å². The minimum Gasteiger partial charge on any atom is -0.374 e. The number of hydrogen-bond donors (Lipinski definition) is 1. The Bertz CT molecular complexity index is 548. The first kappa shape index (κ1) is 10.1. The first-order valence-electron chi connectivity index (χ1n) is 4.35. The fourth-order valence-corrected chi connectivity index (χ4v) is 1.90. The van der Waals surface area contributed by atoms with Gasteiger partial charge in [-0.15, -0.1) is 0 Å². The lowest BCUT2D eigenvalue weighted by Gasteiger charge is -2.07. The number of aromatic nitrogens is 1. The van der Waals surface area contributed by atoms with Crippen molar-refractivity contribution >= 4 is 26.8 Å². The topological polar surface area (TPSA) is 56.9 Å². The van der Waals surface area contributed by atoms with Crippen LogP contribution < -0.4 is 0 Å². The summed E-state index contributed by atoms with van der Waals surface area (Å²) in [6.07, 6.45) is 0.512. The van der Waals surface area contributed by atoms with Crippen molar-refractivity contribution in [2.75, 3.05) is 0 Å². The molecule has 0 bridgehead atoms. The third kappa shape index (κ3) is 1.72. The molecule has 0 radical (unpaired) electrons. The molecule has 0 fully saturated rings. The molecule has 0 saturated heterocycles. The van der Waals surface area contributed by atoms with E-state index < -0.39 is 6.10 Å². The number of aliphatic hydroxyl groups is 1. The Morgan fingerprint density at radius 1 is 1.40 bits per heavy atom. The van der Waals surface area contributed by atoms with Crippen LogP contribution in [0, 0.1) is 11.3 Å². The molecular formula is C11H7BrN2O. The number of benzene rings is 1. The lowest BCUT2D eigenvalue weighted by Crippen LogP contribution is -1.96. The van der Waals surface area contributed by atoms with Crippen molar-refractivity contribution in [2.45, 2.75) is 6.10 Å². The molecule has 0 aliphatic carbocycles. The second kappa shape index (κ2) is 3.97. The van der Waals surface area contributed by atoms with Gasteiger partial charge in [0.2, 0.25) is 0 Å². The van der Waals surface area contributed by atoms with Crippen molar-refractivity contribution in [3.05, 3.63) is 40.5 Å². The Morgan fingerprint density at radius 3 is 2.93 bits per heavy atom. The van der Waals surface area contributed by atoms with E-state index in [1.54, 1.807) is 24.4 Å². The van der Waals surface area contributed by atoms with Crippen LogP contribution in [0.1, 0.15) is 11.7 Å². The summed E-state index contributed by atoms with van der Waals surface area (Å²) in [5.74, 6) is 0. The molecule has 0 aliphatic rings. The van der Waals surface area contributed by atoms with Gasteiger partial charge in [0.05, 0.1) is 11.6 Å².